The summed E-state index contributed by atoms with van der Waals surface area (Å²) >= 11 is 0. The van der Waals surface area contributed by atoms with Crippen LogP contribution in [-0.2, 0) is 0 Å². The predicted octanol–water partition coefficient (Wildman–Crippen LogP) is 12.4. The lowest BCUT2D eigenvalue weighted by atomic mass is 9.96. The third-order valence-corrected chi connectivity index (χ3v) is 10.4. The summed E-state index contributed by atoms with van der Waals surface area (Å²) in [6.45, 7) is 8.27. The number of hydrogen-bond acceptors (Lipinski definition) is 2. The van der Waals surface area contributed by atoms with Gasteiger partial charge in [0.15, 0.2) is 0 Å². The molecule has 0 fully saturated rings. The zero-order chi connectivity index (χ0) is 34.8. The van der Waals surface area contributed by atoms with Crippen molar-refractivity contribution in [1.82, 2.24) is 19.1 Å². The molecule has 0 radical (unpaired) electrons. The topological polar surface area (TPSA) is 35.6 Å². The van der Waals surface area contributed by atoms with Gasteiger partial charge >= 0.3 is 0 Å². The van der Waals surface area contributed by atoms with Gasteiger partial charge in [0, 0.05) is 56.3 Å². The first-order valence-corrected chi connectivity index (χ1v) is 17.5. The van der Waals surface area contributed by atoms with Crippen molar-refractivity contribution in [3.63, 3.8) is 0 Å². The third kappa shape index (κ3) is 4.41. The fourth-order valence-electron chi connectivity index (χ4n) is 8.14. The molecule has 0 amide bonds. The molecule has 4 nitrogen and oxygen atoms in total. The van der Waals surface area contributed by atoms with E-state index in [0.29, 0.717) is 0 Å². The molecule has 0 aliphatic rings. The van der Waals surface area contributed by atoms with Gasteiger partial charge in [-0.2, -0.15) is 0 Å². The standard InChI is InChI=1S/C48H32N4/c1-3-35-38-17-5-8-20-44(38)51(43(35)4-2)33-15-11-13-31(29-33)36-25-27-49-47-41(36)23-24-42-37(26-28-50-48(42)47)32-14-12-16-34(30-32)52-45-21-9-6-18-39(45)40-19-7-10-22-46(40)52/h3-30H,1-2H2. The summed E-state index contributed by atoms with van der Waals surface area (Å²) < 4.78 is 4.63. The summed E-state index contributed by atoms with van der Waals surface area (Å²) in [7, 11) is 0. The summed E-state index contributed by atoms with van der Waals surface area (Å²) in [4.78, 5) is 9.85. The second kappa shape index (κ2) is 11.8. The first-order valence-electron chi connectivity index (χ1n) is 17.5. The number of benzene rings is 6. The largest absolute Gasteiger partial charge is 0.309 e. The minimum absolute atomic E-state index is 0.882. The number of para-hydroxylation sites is 3. The summed E-state index contributed by atoms with van der Waals surface area (Å²) in [5.41, 5.74) is 14.0. The second-order valence-electron chi connectivity index (χ2n) is 13.1. The van der Waals surface area contributed by atoms with Crippen LogP contribution in [0.1, 0.15) is 11.3 Å². The highest BCUT2D eigenvalue weighted by atomic mass is 15.0. The van der Waals surface area contributed by atoms with Crippen molar-refractivity contribution in [2.75, 3.05) is 0 Å². The molecule has 10 aromatic rings. The molecule has 0 spiro atoms. The van der Waals surface area contributed by atoms with Crippen molar-refractivity contribution in [2.24, 2.45) is 0 Å². The number of fused-ring (bicyclic) bond motifs is 7. The Kier molecular flexibility index (Phi) is 6.76. The van der Waals surface area contributed by atoms with E-state index in [-0.39, 0.29) is 0 Å². The lowest BCUT2D eigenvalue weighted by Crippen LogP contribution is -1.97. The molecule has 0 aliphatic heterocycles. The Hall–Kier alpha value is -7.04. The maximum atomic E-state index is 4.93. The van der Waals surface area contributed by atoms with Crippen LogP contribution in [0.5, 0.6) is 0 Å². The number of aromatic nitrogens is 4. The van der Waals surface area contributed by atoms with E-state index in [4.69, 9.17) is 9.97 Å². The molecule has 4 aromatic heterocycles. The van der Waals surface area contributed by atoms with Gasteiger partial charge in [-0.05, 0) is 82.9 Å². The highest BCUT2D eigenvalue weighted by molar-refractivity contribution is 6.12. The first-order chi connectivity index (χ1) is 25.7. The van der Waals surface area contributed by atoms with E-state index in [9.17, 15) is 0 Å². The molecule has 10 rings (SSSR count). The summed E-state index contributed by atoms with van der Waals surface area (Å²) in [5, 5.41) is 5.78. The van der Waals surface area contributed by atoms with Crippen LogP contribution in [-0.4, -0.2) is 19.1 Å². The van der Waals surface area contributed by atoms with Crippen molar-refractivity contribution < 1.29 is 0 Å². The Labute approximate surface area is 300 Å². The maximum absolute atomic E-state index is 4.93. The van der Waals surface area contributed by atoms with Crippen LogP contribution in [0.3, 0.4) is 0 Å². The molecule has 0 aliphatic carbocycles. The smallest absolute Gasteiger partial charge is 0.0970 e. The molecule has 0 unspecified atom stereocenters. The zero-order valence-electron chi connectivity index (χ0n) is 28.4. The predicted molar refractivity (Wildman–Crippen MR) is 219 cm³/mol. The van der Waals surface area contributed by atoms with E-state index in [1.54, 1.807) is 0 Å². The molecule has 244 valence electrons. The minimum atomic E-state index is 0.882. The van der Waals surface area contributed by atoms with Crippen molar-refractivity contribution in [3.8, 4) is 33.6 Å². The Morgan fingerprint density at radius 1 is 0.423 bits per heavy atom. The lowest BCUT2D eigenvalue weighted by molar-refractivity contribution is 1.11. The molecular formula is C48H32N4. The minimum Gasteiger partial charge on any atom is -0.309 e. The van der Waals surface area contributed by atoms with E-state index in [1.165, 1.54) is 21.8 Å². The quantitative estimate of drug-likeness (QED) is 0.166. The highest BCUT2D eigenvalue weighted by Crippen LogP contribution is 2.38. The van der Waals surface area contributed by atoms with Crippen LogP contribution in [0.25, 0.3) is 100 Å². The molecule has 0 saturated carbocycles. The van der Waals surface area contributed by atoms with Crippen LogP contribution >= 0.6 is 0 Å². The summed E-state index contributed by atoms with van der Waals surface area (Å²) in [6, 6.07) is 51.8. The fourth-order valence-corrected chi connectivity index (χ4v) is 8.14. The summed E-state index contributed by atoms with van der Waals surface area (Å²) in [6.07, 6.45) is 7.64. The molecule has 52 heavy (non-hydrogen) atoms. The number of rotatable bonds is 6. The fraction of sp³-hybridized carbons (Fsp3) is 0. The Morgan fingerprint density at radius 3 is 1.42 bits per heavy atom. The number of nitrogens with zero attached hydrogens (tertiary/aromatic N) is 4. The maximum Gasteiger partial charge on any atom is 0.0970 e. The van der Waals surface area contributed by atoms with Gasteiger partial charge < -0.3 is 9.13 Å². The van der Waals surface area contributed by atoms with E-state index in [1.807, 2.05) is 24.5 Å². The van der Waals surface area contributed by atoms with Gasteiger partial charge in [-0.15, -0.1) is 0 Å². The third-order valence-electron chi connectivity index (χ3n) is 10.4. The SMILES string of the molecule is C=Cc1c(C=C)n(-c2cccc(-c3ccnc4c3ccc3c(-c5cccc(-n6c7ccccc7c7ccccc76)c5)ccnc34)c2)c2ccccc12. The molecule has 4 heterocycles. The van der Waals surface area contributed by atoms with Gasteiger partial charge in [0.05, 0.1) is 33.3 Å². The second-order valence-corrected chi connectivity index (χ2v) is 13.1. The van der Waals surface area contributed by atoms with Crippen LogP contribution in [0.2, 0.25) is 0 Å². The van der Waals surface area contributed by atoms with Crippen molar-refractivity contribution >= 4 is 66.7 Å². The van der Waals surface area contributed by atoms with Gasteiger partial charge in [0.1, 0.15) is 0 Å². The molecule has 0 bridgehead atoms. The van der Waals surface area contributed by atoms with E-state index < -0.39 is 0 Å². The number of hydrogen-bond donors (Lipinski definition) is 0. The molecule has 0 N–H and O–H groups in total. The van der Waals surface area contributed by atoms with Crippen molar-refractivity contribution in [1.29, 1.82) is 0 Å². The van der Waals surface area contributed by atoms with Crippen molar-refractivity contribution in [2.45, 2.75) is 0 Å². The van der Waals surface area contributed by atoms with Crippen LogP contribution in [0.15, 0.2) is 171 Å². The highest BCUT2D eigenvalue weighted by Gasteiger charge is 2.17. The Bertz CT molecular complexity index is 3010. The van der Waals surface area contributed by atoms with Gasteiger partial charge in [-0.3, -0.25) is 9.97 Å². The zero-order valence-corrected chi connectivity index (χ0v) is 28.4. The van der Waals surface area contributed by atoms with Crippen LogP contribution in [0.4, 0.5) is 0 Å². The average molecular weight is 665 g/mol. The first kappa shape index (κ1) is 29.8. The van der Waals surface area contributed by atoms with Gasteiger partial charge in [-0.1, -0.05) is 110 Å². The summed E-state index contributed by atoms with van der Waals surface area (Å²) in [5.74, 6) is 0. The monoisotopic (exact) mass is 664 g/mol. The number of pyridine rings is 2. The molecule has 4 heteroatoms. The van der Waals surface area contributed by atoms with Gasteiger partial charge in [-0.25, -0.2) is 0 Å². The molecule has 0 saturated heterocycles. The molecule has 0 atom stereocenters. The van der Waals surface area contributed by atoms with Crippen LogP contribution < -0.4 is 0 Å². The van der Waals surface area contributed by atoms with Gasteiger partial charge in [0.25, 0.3) is 0 Å². The lowest BCUT2D eigenvalue weighted by Gasteiger charge is -2.14. The average Bonchev–Trinajstić information content (AvgIpc) is 3.73. The van der Waals surface area contributed by atoms with Crippen molar-refractivity contribution in [3.05, 3.63) is 182 Å². The van der Waals surface area contributed by atoms with E-state index >= 15 is 0 Å². The molecule has 6 aromatic carbocycles. The van der Waals surface area contributed by atoms with E-state index in [0.717, 1.165) is 77.6 Å². The Morgan fingerprint density at radius 2 is 0.904 bits per heavy atom. The Balaban J connectivity index is 1.11. The van der Waals surface area contributed by atoms with Gasteiger partial charge in [0.2, 0.25) is 0 Å². The molecular weight excluding hydrogens is 633 g/mol. The normalized spacial score (nSPS) is 11.6. The van der Waals surface area contributed by atoms with E-state index in [2.05, 4.69) is 168 Å². The van der Waals surface area contributed by atoms with Crippen LogP contribution in [0, 0.1) is 0 Å².